The first-order valence-electron chi connectivity index (χ1n) is 6.38. The van der Waals surface area contributed by atoms with Gasteiger partial charge >= 0.3 is 0 Å². The largest absolute Gasteiger partial charge is 0.388 e. The molecule has 20 heavy (non-hydrogen) atoms. The number of rotatable bonds is 3. The lowest BCUT2D eigenvalue weighted by Gasteiger charge is -2.06. The van der Waals surface area contributed by atoms with E-state index in [0.717, 1.165) is 28.3 Å². The first-order chi connectivity index (χ1) is 9.86. The molecule has 4 heteroatoms. The summed E-state index contributed by atoms with van der Waals surface area (Å²) in [6.07, 6.45) is 5.31. The van der Waals surface area contributed by atoms with Crippen molar-refractivity contribution in [3.05, 3.63) is 61.1 Å². The van der Waals surface area contributed by atoms with E-state index in [1.807, 2.05) is 49.5 Å². The molecule has 3 rings (SSSR count). The van der Waals surface area contributed by atoms with Crippen LogP contribution >= 0.6 is 0 Å². The summed E-state index contributed by atoms with van der Waals surface area (Å²) < 4.78 is 0. The van der Waals surface area contributed by atoms with Gasteiger partial charge in [0.15, 0.2) is 5.82 Å². The topological polar surface area (TPSA) is 50.7 Å². The molecule has 0 aliphatic rings. The first kappa shape index (κ1) is 12.3. The Labute approximate surface area is 117 Å². The third-order valence-electron chi connectivity index (χ3n) is 3.04. The smallest absolute Gasteiger partial charge is 0.159 e. The lowest BCUT2D eigenvalue weighted by atomic mass is 10.1. The summed E-state index contributed by atoms with van der Waals surface area (Å²) in [7, 11) is 1.90. The first-order valence-corrected chi connectivity index (χ1v) is 6.38. The van der Waals surface area contributed by atoms with Gasteiger partial charge in [0, 0.05) is 42.5 Å². The molecule has 3 aromatic rings. The molecule has 0 spiro atoms. The number of pyridine rings is 1. The van der Waals surface area contributed by atoms with Crippen LogP contribution in [0.2, 0.25) is 0 Å². The van der Waals surface area contributed by atoms with Crippen molar-refractivity contribution in [3.63, 3.8) is 0 Å². The Bertz CT molecular complexity index is 710. The Hall–Kier alpha value is -2.75. The average Bonchev–Trinajstić information content (AvgIpc) is 2.56. The number of hydrogen-bond acceptors (Lipinski definition) is 4. The highest BCUT2D eigenvalue weighted by molar-refractivity contribution is 5.65. The molecule has 0 aliphatic carbocycles. The molecule has 1 aromatic carbocycles. The lowest BCUT2D eigenvalue weighted by Crippen LogP contribution is -1.93. The summed E-state index contributed by atoms with van der Waals surface area (Å²) in [5.74, 6) is 0.719. The SMILES string of the molecule is CNc1cccc(-c2nccc(-c3ccncc3)n2)c1. The fourth-order valence-electron chi connectivity index (χ4n) is 2.00. The Kier molecular flexibility index (Phi) is 3.37. The molecular formula is C16H14N4. The van der Waals surface area contributed by atoms with Crippen molar-refractivity contribution in [2.24, 2.45) is 0 Å². The second kappa shape index (κ2) is 5.48. The van der Waals surface area contributed by atoms with Gasteiger partial charge in [0.1, 0.15) is 0 Å². The maximum absolute atomic E-state index is 4.62. The normalized spacial score (nSPS) is 10.2. The predicted molar refractivity (Wildman–Crippen MR) is 80.2 cm³/mol. The van der Waals surface area contributed by atoms with Crippen LogP contribution in [0.5, 0.6) is 0 Å². The van der Waals surface area contributed by atoms with Crippen molar-refractivity contribution < 1.29 is 0 Å². The summed E-state index contributed by atoms with van der Waals surface area (Å²) in [6, 6.07) is 13.8. The molecule has 0 saturated carbocycles. The fourth-order valence-corrected chi connectivity index (χ4v) is 2.00. The van der Waals surface area contributed by atoms with E-state index in [9.17, 15) is 0 Å². The molecule has 0 unspecified atom stereocenters. The molecular weight excluding hydrogens is 248 g/mol. The average molecular weight is 262 g/mol. The monoisotopic (exact) mass is 262 g/mol. The number of nitrogens with zero attached hydrogens (tertiary/aromatic N) is 3. The Balaban J connectivity index is 2.03. The Morgan fingerprint density at radius 3 is 2.55 bits per heavy atom. The Morgan fingerprint density at radius 1 is 0.900 bits per heavy atom. The van der Waals surface area contributed by atoms with E-state index < -0.39 is 0 Å². The van der Waals surface area contributed by atoms with Crippen LogP contribution in [0.15, 0.2) is 61.1 Å². The highest BCUT2D eigenvalue weighted by Gasteiger charge is 2.05. The molecule has 0 amide bonds. The summed E-state index contributed by atoms with van der Waals surface area (Å²) in [4.78, 5) is 13.0. The van der Waals surface area contributed by atoms with E-state index in [1.54, 1.807) is 18.6 Å². The summed E-state index contributed by atoms with van der Waals surface area (Å²) in [6.45, 7) is 0. The van der Waals surface area contributed by atoms with Crippen LogP contribution in [-0.4, -0.2) is 22.0 Å². The highest BCUT2D eigenvalue weighted by Crippen LogP contribution is 2.22. The summed E-state index contributed by atoms with van der Waals surface area (Å²) in [5, 5.41) is 3.12. The van der Waals surface area contributed by atoms with E-state index >= 15 is 0 Å². The van der Waals surface area contributed by atoms with E-state index in [-0.39, 0.29) is 0 Å². The van der Waals surface area contributed by atoms with Crippen LogP contribution in [0.1, 0.15) is 0 Å². The number of aromatic nitrogens is 3. The standard InChI is InChI=1S/C16H14N4/c1-17-14-4-2-3-13(11-14)16-19-10-7-15(20-16)12-5-8-18-9-6-12/h2-11,17H,1H3. The maximum Gasteiger partial charge on any atom is 0.159 e. The van der Waals surface area contributed by atoms with Gasteiger partial charge in [-0.2, -0.15) is 0 Å². The lowest BCUT2D eigenvalue weighted by molar-refractivity contribution is 1.18. The number of benzene rings is 1. The molecule has 0 fully saturated rings. The van der Waals surface area contributed by atoms with Crippen molar-refractivity contribution in [2.75, 3.05) is 12.4 Å². The molecule has 98 valence electrons. The quantitative estimate of drug-likeness (QED) is 0.787. The van der Waals surface area contributed by atoms with Gasteiger partial charge in [0.25, 0.3) is 0 Å². The van der Waals surface area contributed by atoms with Crippen LogP contribution in [0.3, 0.4) is 0 Å². The second-order valence-corrected chi connectivity index (χ2v) is 4.33. The van der Waals surface area contributed by atoms with E-state index in [1.165, 1.54) is 0 Å². The number of hydrogen-bond donors (Lipinski definition) is 1. The zero-order valence-electron chi connectivity index (χ0n) is 11.1. The van der Waals surface area contributed by atoms with Gasteiger partial charge < -0.3 is 5.32 Å². The van der Waals surface area contributed by atoms with Gasteiger partial charge in [-0.3, -0.25) is 4.98 Å². The predicted octanol–water partition coefficient (Wildman–Crippen LogP) is 3.25. The van der Waals surface area contributed by atoms with Gasteiger partial charge in [-0.05, 0) is 30.3 Å². The van der Waals surface area contributed by atoms with Crippen molar-refractivity contribution >= 4 is 5.69 Å². The van der Waals surface area contributed by atoms with Crippen molar-refractivity contribution in [2.45, 2.75) is 0 Å². The molecule has 0 saturated heterocycles. The molecule has 0 radical (unpaired) electrons. The molecule has 1 N–H and O–H groups in total. The third-order valence-corrected chi connectivity index (χ3v) is 3.04. The van der Waals surface area contributed by atoms with Gasteiger partial charge in [0.2, 0.25) is 0 Å². The van der Waals surface area contributed by atoms with Crippen LogP contribution in [0, 0.1) is 0 Å². The van der Waals surface area contributed by atoms with Crippen LogP contribution in [0.4, 0.5) is 5.69 Å². The second-order valence-electron chi connectivity index (χ2n) is 4.33. The molecule has 0 aliphatic heterocycles. The zero-order chi connectivity index (χ0) is 13.8. The minimum Gasteiger partial charge on any atom is -0.388 e. The van der Waals surface area contributed by atoms with Crippen LogP contribution in [-0.2, 0) is 0 Å². The molecule has 2 heterocycles. The number of anilines is 1. The minimum absolute atomic E-state index is 0.719. The van der Waals surface area contributed by atoms with E-state index in [0.29, 0.717) is 0 Å². The van der Waals surface area contributed by atoms with Crippen molar-refractivity contribution in [3.8, 4) is 22.6 Å². The van der Waals surface area contributed by atoms with E-state index in [4.69, 9.17) is 0 Å². The van der Waals surface area contributed by atoms with Gasteiger partial charge in [-0.25, -0.2) is 9.97 Å². The number of nitrogens with one attached hydrogen (secondary N) is 1. The van der Waals surface area contributed by atoms with Crippen molar-refractivity contribution in [1.29, 1.82) is 0 Å². The van der Waals surface area contributed by atoms with E-state index in [2.05, 4.69) is 20.3 Å². The fraction of sp³-hybridized carbons (Fsp3) is 0.0625. The van der Waals surface area contributed by atoms with Gasteiger partial charge in [-0.15, -0.1) is 0 Å². The third kappa shape index (κ3) is 2.49. The zero-order valence-corrected chi connectivity index (χ0v) is 11.1. The maximum atomic E-state index is 4.62. The summed E-state index contributed by atoms with van der Waals surface area (Å²) in [5.41, 5.74) is 3.97. The molecule has 0 atom stereocenters. The molecule has 0 bridgehead atoms. The van der Waals surface area contributed by atoms with Crippen LogP contribution < -0.4 is 5.32 Å². The van der Waals surface area contributed by atoms with Crippen molar-refractivity contribution in [1.82, 2.24) is 15.0 Å². The van der Waals surface area contributed by atoms with Gasteiger partial charge in [0.05, 0.1) is 5.69 Å². The minimum atomic E-state index is 0.719. The van der Waals surface area contributed by atoms with Crippen LogP contribution in [0.25, 0.3) is 22.6 Å². The Morgan fingerprint density at radius 2 is 1.75 bits per heavy atom. The van der Waals surface area contributed by atoms with Gasteiger partial charge in [-0.1, -0.05) is 12.1 Å². The highest BCUT2D eigenvalue weighted by atomic mass is 14.9. The molecule has 2 aromatic heterocycles. The molecule has 4 nitrogen and oxygen atoms in total. The summed E-state index contributed by atoms with van der Waals surface area (Å²) >= 11 is 0.